The minimum absolute atomic E-state index is 0.136. The van der Waals surface area contributed by atoms with Crippen molar-refractivity contribution < 1.29 is 4.79 Å². The van der Waals surface area contributed by atoms with Crippen LogP contribution in [0.1, 0.15) is 31.5 Å². The second-order valence-electron chi connectivity index (χ2n) is 7.03. The summed E-state index contributed by atoms with van der Waals surface area (Å²) in [4.78, 5) is 36.4. The summed E-state index contributed by atoms with van der Waals surface area (Å²) in [6, 6.07) is 8.05. The molecular formula is C19H24N4O2. The lowest BCUT2D eigenvalue weighted by molar-refractivity contribution is -0.131. The summed E-state index contributed by atoms with van der Waals surface area (Å²) in [7, 11) is 0. The number of nitrogens with one attached hydrogen (secondary N) is 1. The summed E-state index contributed by atoms with van der Waals surface area (Å²) < 4.78 is 0. The summed E-state index contributed by atoms with van der Waals surface area (Å²) in [5.41, 5.74) is 0.548. The van der Waals surface area contributed by atoms with Crippen molar-refractivity contribution in [3.05, 3.63) is 40.4 Å². The van der Waals surface area contributed by atoms with Gasteiger partial charge in [-0.2, -0.15) is 0 Å². The molecule has 1 saturated carbocycles. The molecule has 1 N–H and O–H groups in total. The van der Waals surface area contributed by atoms with Gasteiger partial charge in [0.15, 0.2) is 0 Å². The highest BCUT2D eigenvalue weighted by molar-refractivity contribution is 5.78. The van der Waals surface area contributed by atoms with Crippen LogP contribution in [-0.2, 0) is 11.2 Å². The van der Waals surface area contributed by atoms with E-state index in [9.17, 15) is 9.59 Å². The van der Waals surface area contributed by atoms with E-state index in [0.717, 1.165) is 38.6 Å². The van der Waals surface area contributed by atoms with E-state index < -0.39 is 0 Å². The number of hydrogen-bond acceptors (Lipinski definition) is 4. The third-order valence-corrected chi connectivity index (χ3v) is 5.18. The zero-order valence-corrected chi connectivity index (χ0v) is 14.4. The molecule has 1 aliphatic carbocycles. The van der Waals surface area contributed by atoms with Crippen LogP contribution >= 0.6 is 0 Å². The van der Waals surface area contributed by atoms with Crippen LogP contribution < -0.4 is 5.56 Å². The minimum atomic E-state index is -0.136. The van der Waals surface area contributed by atoms with Gasteiger partial charge in [0.05, 0.1) is 10.9 Å². The maximum absolute atomic E-state index is 12.6. The van der Waals surface area contributed by atoms with Crippen molar-refractivity contribution >= 4 is 16.8 Å². The lowest BCUT2D eigenvalue weighted by Crippen LogP contribution is -2.36. The van der Waals surface area contributed by atoms with Crippen molar-refractivity contribution in [1.82, 2.24) is 19.8 Å². The molecule has 6 nitrogen and oxygen atoms in total. The second-order valence-corrected chi connectivity index (χ2v) is 7.03. The monoisotopic (exact) mass is 340 g/mol. The normalized spacial score (nSPS) is 19.1. The number of carbonyl (C=O) groups is 1. The molecule has 2 fully saturated rings. The molecule has 2 aromatic rings. The van der Waals surface area contributed by atoms with Crippen molar-refractivity contribution in [1.29, 1.82) is 0 Å². The third-order valence-electron chi connectivity index (χ3n) is 5.18. The Morgan fingerprint density at radius 3 is 2.84 bits per heavy atom. The van der Waals surface area contributed by atoms with E-state index in [1.54, 1.807) is 6.07 Å². The van der Waals surface area contributed by atoms with Gasteiger partial charge in [0.1, 0.15) is 5.82 Å². The number of nitrogens with zero attached hydrogens (tertiary/aromatic N) is 3. The van der Waals surface area contributed by atoms with Crippen molar-refractivity contribution in [2.24, 2.45) is 0 Å². The number of H-pyrrole nitrogens is 1. The maximum atomic E-state index is 12.6. The van der Waals surface area contributed by atoms with Gasteiger partial charge in [0.2, 0.25) is 5.91 Å². The van der Waals surface area contributed by atoms with Crippen LogP contribution in [0.2, 0.25) is 0 Å². The first-order valence-electron chi connectivity index (χ1n) is 9.20. The predicted molar refractivity (Wildman–Crippen MR) is 96.5 cm³/mol. The van der Waals surface area contributed by atoms with Crippen molar-refractivity contribution in [2.75, 3.05) is 26.2 Å². The molecular weight excluding hydrogens is 316 g/mol. The highest BCUT2D eigenvalue weighted by Crippen LogP contribution is 2.27. The molecule has 1 saturated heterocycles. The lowest BCUT2D eigenvalue weighted by Gasteiger charge is -2.21. The largest absolute Gasteiger partial charge is 0.341 e. The smallest absolute Gasteiger partial charge is 0.258 e. The Morgan fingerprint density at radius 1 is 1.16 bits per heavy atom. The van der Waals surface area contributed by atoms with Gasteiger partial charge in [0, 0.05) is 45.1 Å². The van der Waals surface area contributed by atoms with Crippen LogP contribution in [0.5, 0.6) is 0 Å². The fourth-order valence-corrected chi connectivity index (χ4v) is 3.63. The van der Waals surface area contributed by atoms with Gasteiger partial charge in [-0.05, 0) is 31.4 Å². The fourth-order valence-electron chi connectivity index (χ4n) is 3.63. The Hall–Kier alpha value is -2.21. The van der Waals surface area contributed by atoms with E-state index in [4.69, 9.17) is 0 Å². The number of rotatable bonds is 4. The Kier molecular flexibility index (Phi) is 4.53. The number of para-hydroxylation sites is 1. The number of amides is 1. The first-order valence-corrected chi connectivity index (χ1v) is 9.20. The molecule has 0 spiro atoms. The zero-order valence-electron chi connectivity index (χ0n) is 14.4. The first-order chi connectivity index (χ1) is 12.2. The van der Waals surface area contributed by atoms with Crippen LogP contribution in [0.15, 0.2) is 29.1 Å². The molecule has 0 unspecified atom stereocenters. The van der Waals surface area contributed by atoms with Gasteiger partial charge in [-0.1, -0.05) is 12.1 Å². The number of aryl methyl sites for hydroxylation is 1. The van der Waals surface area contributed by atoms with Gasteiger partial charge in [-0.25, -0.2) is 4.98 Å². The molecule has 132 valence electrons. The van der Waals surface area contributed by atoms with E-state index in [1.807, 2.05) is 23.1 Å². The molecule has 1 aromatic heterocycles. The summed E-state index contributed by atoms with van der Waals surface area (Å²) in [6.45, 7) is 3.75. The molecule has 0 atom stereocenters. The molecule has 4 rings (SSSR count). The number of hydrogen-bond donors (Lipinski definition) is 1. The minimum Gasteiger partial charge on any atom is -0.341 e. The summed E-state index contributed by atoms with van der Waals surface area (Å²) in [5, 5.41) is 0.588. The topological polar surface area (TPSA) is 69.3 Å². The zero-order chi connectivity index (χ0) is 17.2. The van der Waals surface area contributed by atoms with Crippen molar-refractivity contribution in [3.8, 4) is 0 Å². The quantitative estimate of drug-likeness (QED) is 0.917. The third kappa shape index (κ3) is 3.74. The Morgan fingerprint density at radius 2 is 2.00 bits per heavy atom. The van der Waals surface area contributed by atoms with Gasteiger partial charge in [-0.3, -0.25) is 14.5 Å². The lowest BCUT2D eigenvalue weighted by atomic mass is 10.2. The second kappa shape index (κ2) is 6.96. The molecule has 0 bridgehead atoms. The van der Waals surface area contributed by atoms with E-state index >= 15 is 0 Å². The predicted octanol–water partition coefficient (Wildman–Crippen LogP) is 1.55. The summed E-state index contributed by atoms with van der Waals surface area (Å²) in [6.07, 6.45) is 4.55. The number of carbonyl (C=O) groups excluding carboxylic acids is 1. The standard InChI is InChI=1S/C19H24N4O2/c24-18(23-11-3-10-22(12-13-23)14-6-7-14)9-8-17-20-16-5-2-1-4-15(16)19(25)21-17/h1-2,4-5,14H,3,6-13H2,(H,20,21,25). The highest BCUT2D eigenvalue weighted by Gasteiger charge is 2.30. The Labute approximate surface area is 146 Å². The Bertz CT molecular complexity index is 828. The molecule has 6 heteroatoms. The van der Waals surface area contributed by atoms with Gasteiger partial charge in [0.25, 0.3) is 5.56 Å². The molecule has 0 radical (unpaired) electrons. The van der Waals surface area contributed by atoms with Crippen LogP contribution in [0.4, 0.5) is 0 Å². The van der Waals surface area contributed by atoms with Gasteiger partial charge >= 0.3 is 0 Å². The first kappa shape index (κ1) is 16.3. The molecule has 2 aliphatic rings. The van der Waals surface area contributed by atoms with Crippen LogP contribution in [0.25, 0.3) is 10.9 Å². The molecule has 1 aromatic carbocycles. The molecule has 2 heterocycles. The van der Waals surface area contributed by atoms with E-state index in [-0.39, 0.29) is 11.5 Å². The highest BCUT2D eigenvalue weighted by atomic mass is 16.2. The van der Waals surface area contributed by atoms with E-state index in [0.29, 0.717) is 29.6 Å². The SMILES string of the molecule is O=C(CCc1nc2ccccc2c(=O)[nH]1)N1CCCN(C2CC2)CC1. The number of aromatic amines is 1. The van der Waals surface area contributed by atoms with Crippen LogP contribution in [-0.4, -0.2) is 57.9 Å². The molecule has 1 aliphatic heterocycles. The molecule has 1 amide bonds. The number of fused-ring (bicyclic) bond motifs is 1. The van der Waals surface area contributed by atoms with E-state index in [2.05, 4.69) is 14.9 Å². The van der Waals surface area contributed by atoms with E-state index in [1.165, 1.54) is 12.8 Å². The number of benzene rings is 1. The number of aromatic nitrogens is 2. The molecule has 25 heavy (non-hydrogen) atoms. The van der Waals surface area contributed by atoms with Gasteiger partial charge < -0.3 is 9.88 Å². The average molecular weight is 340 g/mol. The summed E-state index contributed by atoms with van der Waals surface area (Å²) in [5.74, 6) is 0.750. The van der Waals surface area contributed by atoms with Gasteiger partial charge in [-0.15, -0.1) is 0 Å². The van der Waals surface area contributed by atoms with Crippen molar-refractivity contribution in [3.63, 3.8) is 0 Å². The average Bonchev–Trinajstić information content (AvgIpc) is 3.45. The Balaban J connectivity index is 1.37. The fraction of sp³-hybridized carbons (Fsp3) is 0.526. The summed E-state index contributed by atoms with van der Waals surface area (Å²) >= 11 is 0. The van der Waals surface area contributed by atoms with Crippen molar-refractivity contribution in [2.45, 2.75) is 38.1 Å². The van der Waals surface area contributed by atoms with Crippen LogP contribution in [0.3, 0.4) is 0 Å². The maximum Gasteiger partial charge on any atom is 0.258 e. The van der Waals surface area contributed by atoms with Crippen LogP contribution in [0, 0.1) is 0 Å².